The molecule has 0 spiro atoms. The molecule has 0 bridgehead atoms. The molecule has 8 nitrogen and oxygen atoms in total. The van der Waals surface area contributed by atoms with Gasteiger partial charge in [0.1, 0.15) is 11.0 Å². The second-order valence-corrected chi connectivity index (χ2v) is 7.71. The molecular weight excluding hydrogens is 423 g/mol. The first-order valence-electron chi connectivity index (χ1n) is 9.27. The van der Waals surface area contributed by atoms with Crippen molar-refractivity contribution in [3.8, 4) is 11.5 Å². The number of methoxy groups -OCH3 is 2. The number of nitrogens with zero attached hydrogens (tertiary/aromatic N) is 2. The molecule has 162 valence electrons. The van der Waals surface area contributed by atoms with Crippen molar-refractivity contribution in [1.29, 1.82) is 0 Å². The maximum absolute atomic E-state index is 13.9. The topological polar surface area (TPSA) is 101 Å². The van der Waals surface area contributed by atoms with Crippen LogP contribution in [0.5, 0.6) is 11.5 Å². The molecule has 0 aliphatic carbocycles. The zero-order valence-electron chi connectivity index (χ0n) is 17.1. The molecular formula is C21H21FN4O4S. The molecule has 1 saturated heterocycles. The van der Waals surface area contributed by atoms with Crippen LogP contribution in [0, 0.1) is 5.82 Å². The Morgan fingerprint density at radius 3 is 2.58 bits per heavy atom. The second-order valence-electron chi connectivity index (χ2n) is 6.52. The lowest BCUT2D eigenvalue weighted by Crippen LogP contribution is -2.41. The Kier molecular flexibility index (Phi) is 7.24. The molecule has 0 radical (unpaired) electrons. The van der Waals surface area contributed by atoms with Crippen molar-refractivity contribution in [3.05, 3.63) is 53.8 Å². The van der Waals surface area contributed by atoms with E-state index in [4.69, 9.17) is 9.47 Å². The normalized spacial score (nSPS) is 17.8. The molecule has 2 aromatic carbocycles. The van der Waals surface area contributed by atoms with Crippen LogP contribution in [-0.4, -0.2) is 42.2 Å². The largest absolute Gasteiger partial charge is 0.497 e. The van der Waals surface area contributed by atoms with Crippen LogP contribution in [0.1, 0.15) is 18.9 Å². The lowest BCUT2D eigenvalue weighted by molar-refractivity contribution is -0.123. The summed E-state index contributed by atoms with van der Waals surface area (Å²) in [4.78, 5) is 24.6. The van der Waals surface area contributed by atoms with Gasteiger partial charge in [0, 0.05) is 17.7 Å². The van der Waals surface area contributed by atoms with Crippen LogP contribution in [0.3, 0.4) is 0 Å². The van der Waals surface area contributed by atoms with E-state index in [2.05, 4.69) is 20.8 Å². The zero-order chi connectivity index (χ0) is 22.4. The van der Waals surface area contributed by atoms with Crippen LogP contribution in [0.4, 0.5) is 10.1 Å². The summed E-state index contributed by atoms with van der Waals surface area (Å²) < 4.78 is 23.9. The van der Waals surface area contributed by atoms with Gasteiger partial charge < -0.3 is 20.1 Å². The van der Waals surface area contributed by atoms with E-state index >= 15 is 0 Å². The monoisotopic (exact) mass is 444 g/mol. The number of ether oxygens (including phenoxy) is 2. The first-order chi connectivity index (χ1) is 14.9. The summed E-state index contributed by atoms with van der Waals surface area (Å²) in [6, 6.07) is 11.3. The number of hydrogen-bond donors (Lipinski definition) is 2. The Hall–Kier alpha value is -3.40. The zero-order valence-corrected chi connectivity index (χ0v) is 18.0. The number of nitrogens with one attached hydrogen (secondary N) is 2. The summed E-state index contributed by atoms with van der Waals surface area (Å²) in [5, 5.41) is 13.0. The van der Waals surface area contributed by atoms with Gasteiger partial charge in [-0.1, -0.05) is 11.8 Å². The highest BCUT2D eigenvalue weighted by atomic mass is 32.2. The molecule has 0 unspecified atom stereocenters. The third-order valence-corrected chi connectivity index (χ3v) is 5.45. The molecule has 1 fully saturated rings. The molecule has 0 aromatic heterocycles. The SMILES string of the molecule is COc1ccc(NC(=O)[C@H]2CC(=O)N/C(=N\N=C(/C)c3ccc(OC)c(F)c3)S2)cc1. The predicted molar refractivity (Wildman–Crippen MR) is 118 cm³/mol. The van der Waals surface area contributed by atoms with Crippen molar-refractivity contribution in [2.75, 3.05) is 19.5 Å². The van der Waals surface area contributed by atoms with Gasteiger partial charge in [0.2, 0.25) is 11.8 Å². The number of rotatable bonds is 6. The first kappa shape index (κ1) is 22.3. The van der Waals surface area contributed by atoms with Gasteiger partial charge in [0.25, 0.3) is 0 Å². The third kappa shape index (κ3) is 5.82. The summed E-state index contributed by atoms with van der Waals surface area (Å²) in [5.74, 6) is -0.378. The fraction of sp³-hybridized carbons (Fsp3) is 0.238. The molecule has 1 aliphatic rings. The van der Waals surface area contributed by atoms with Gasteiger partial charge in [-0.25, -0.2) is 4.39 Å². The highest BCUT2D eigenvalue weighted by Gasteiger charge is 2.30. The average Bonchev–Trinajstić information content (AvgIpc) is 2.77. The molecule has 1 heterocycles. The number of carbonyl (C=O) groups excluding carboxylic acids is 2. The number of hydrogen-bond acceptors (Lipinski definition) is 7. The summed E-state index contributed by atoms with van der Waals surface area (Å²) >= 11 is 1.10. The van der Waals surface area contributed by atoms with E-state index in [0.717, 1.165) is 11.8 Å². The molecule has 1 atom stereocenters. The molecule has 3 rings (SSSR count). The minimum atomic E-state index is -0.663. The van der Waals surface area contributed by atoms with Crippen LogP contribution in [0.2, 0.25) is 0 Å². The first-order valence-corrected chi connectivity index (χ1v) is 10.1. The Morgan fingerprint density at radius 1 is 1.19 bits per heavy atom. The number of thioether (sulfide) groups is 1. The van der Waals surface area contributed by atoms with E-state index in [-0.39, 0.29) is 29.2 Å². The molecule has 1 aliphatic heterocycles. The maximum Gasteiger partial charge on any atom is 0.238 e. The van der Waals surface area contributed by atoms with Crippen LogP contribution >= 0.6 is 11.8 Å². The number of benzene rings is 2. The summed E-state index contributed by atoms with van der Waals surface area (Å²) in [6.07, 6.45) is 0.0120. The molecule has 2 aromatic rings. The molecule has 31 heavy (non-hydrogen) atoms. The lowest BCUT2D eigenvalue weighted by atomic mass is 10.1. The predicted octanol–water partition coefficient (Wildman–Crippen LogP) is 3.18. The van der Waals surface area contributed by atoms with E-state index in [1.807, 2.05) is 0 Å². The van der Waals surface area contributed by atoms with Gasteiger partial charge in [-0.15, -0.1) is 5.10 Å². The van der Waals surface area contributed by atoms with Crippen LogP contribution in [0.15, 0.2) is 52.7 Å². The van der Waals surface area contributed by atoms with E-state index in [0.29, 0.717) is 22.7 Å². The van der Waals surface area contributed by atoms with Crippen molar-refractivity contribution >= 4 is 40.1 Å². The van der Waals surface area contributed by atoms with Crippen molar-refractivity contribution in [2.24, 2.45) is 10.2 Å². The van der Waals surface area contributed by atoms with Gasteiger partial charge >= 0.3 is 0 Å². The maximum atomic E-state index is 13.9. The van der Waals surface area contributed by atoms with Gasteiger partial charge in [-0.05, 0) is 49.4 Å². The quantitative estimate of drug-likeness (QED) is 0.526. The third-order valence-electron chi connectivity index (χ3n) is 4.38. The minimum Gasteiger partial charge on any atom is -0.497 e. The Labute approximate surface area is 182 Å². The number of amides is 2. The minimum absolute atomic E-state index is 0.0120. The van der Waals surface area contributed by atoms with Gasteiger partial charge in [-0.3, -0.25) is 9.59 Å². The van der Waals surface area contributed by atoms with E-state index in [1.54, 1.807) is 44.4 Å². The molecule has 0 saturated carbocycles. The fourth-order valence-electron chi connectivity index (χ4n) is 2.71. The Morgan fingerprint density at radius 2 is 1.94 bits per heavy atom. The van der Waals surface area contributed by atoms with E-state index in [9.17, 15) is 14.0 Å². The molecule has 10 heteroatoms. The van der Waals surface area contributed by atoms with Crippen molar-refractivity contribution in [3.63, 3.8) is 0 Å². The van der Waals surface area contributed by atoms with Crippen molar-refractivity contribution in [1.82, 2.24) is 5.32 Å². The Balaban J connectivity index is 1.69. The number of carbonyl (C=O) groups is 2. The van der Waals surface area contributed by atoms with Crippen LogP contribution in [-0.2, 0) is 9.59 Å². The summed E-state index contributed by atoms with van der Waals surface area (Å²) in [6.45, 7) is 1.66. The van der Waals surface area contributed by atoms with E-state index in [1.165, 1.54) is 19.2 Å². The van der Waals surface area contributed by atoms with Crippen LogP contribution in [0.25, 0.3) is 0 Å². The van der Waals surface area contributed by atoms with Crippen LogP contribution < -0.4 is 20.1 Å². The van der Waals surface area contributed by atoms with E-state index < -0.39 is 11.1 Å². The lowest BCUT2D eigenvalue weighted by Gasteiger charge is -2.21. The highest BCUT2D eigenvalue weighted by molar-refractivity contribution is 8.15. The second kappa shape index (κ2) is 10.1. The number of halogens is 1. The van der Waals surface area contributed by atoms with Gasteiger partial charge in [0.15, 0.2) is 16.7 Å². The van der Waals surface area contributed by atoms with Crippen molar-refractivity contribution in [2.45, 2.75) is 18.6 Å². The molecule has 2 amide bonds. The summed E-state index contributed by atoms with van der Waals surface area (Å²) in [7, 11) is 2.94. The Bertz CT molecular complexity index is 1040. The molecule has 2 N–H and O–H groups in total. The highest BCUT2D eigenvalue weighted by Crippen LogP contribution is 2.24. The number of anilines is 1. The standard InChI is InChI=1S/C21H21FN4O4S/c1-12(13-4-9-17(30-3)16(22)10-13)25-26-21-24-19(27)11-18(31-21)20(28)23-14-5-7-15(29-2)8-6-14/h4-10,18H,11H2,1-3H3,(H,23,28)(H,24,26,27)/b25-12+/t18-/m1/s1. The number of amidine groups is 1. The smallest absolute Gasteiger partial charge is 0.238 e. The van der Waals surface area contributed by atoms with Gasteiger partial charge in [-0.2, -0.15) is 5.10 Å². The summed E-state index contributed by atoms with van der Waals surface area (Å²) in [5.41, 5.74) is 1.54. The van der Waals surface area contributed by atoms with Gasteiger partial charge in [0.05, 0.1) is 19.9 Å². The van der Waals surface area contributed by atoms with Crippen molar-refractivity contribution < 1.29 is 23.5 Å². The average molecular weight is 444 g/mol. The fourth-order valence-corrected chi connectivity index (χ4v) is 3.64.